The monoisotopic (exact) mass is 180 g/mol. The quantitative estimate of drug-likeness (QED) is 0.670. The summed E-state index contributed by atoms with van der Waals surface area (Å²) in [6, 6.07) is 8.35. The molecular weight excluding hydrogens is 164 g/mol. The molecule has 1 atom stereocenters. The molecule has 1 unspecified atom stereocenters. The van der Waals surface area contributed by atoms with Crippen LogP contribution in [0.4, 0.5) is 0 Å². The van der Waals surface area contributed by atoms with E-state index in [-0.39, 0.29) is 0 Å². The molecule has 0 aromatic heterocycles. The Balaban J connectivity index is 2.79. The summed E-state index contributed by atoms with van der Waals surface area (Å²) >= 11 is 4.43. The lowest BCUT2D eigenvalue weighted by Crippen LogP contribution is -1.93. The van der Waals surface area contributed by atoms with Crippen LogP contribution in [0.3, 0.4) is 0 Å². The summed E-state index contributed by atoms with van der Waals surface area (Å²) in [5, 5.41) is 0. The predicted molar refractivity (Wildman–Crippen MR) is 57.0 cm³/mol. The topological polar surface area (TPSA) is 0 Å². The smallest absolute Gasteiger partial charge is 0.00747 e. The van der Waals surface area contributed by atoms with Crippen LogP contribution < -0.4 is 0 Å². The lowest BCUT2D eigenvalue weighted by molar-refractivity contribution is 0.655. The van der Waals surface area contributed by atoms with Gasteiger partial charge in [0.05, 0.1) is 0 Å². The summed E-state index contributed by atoms with van der Waals surface area (Å²) < 4.78 is 0. The predicted octanol–water partition coefficient (Wildman–Crippen LogP) is 3.88. The van der Waals surface area contributed by atoms with Crippen molar-refractivity contribution in [2.24, 2.45) is 0 Å². The highest BCUT2D eigenvalue weighted by Crippen LogP contribution is 2.25. The van der Waals surface area contributed by atoms with Gasteiger partial charge >= 0.3 is 0 Å². The van der Waals surface area contributed by atoms with E-state index in [9.17, 15) is 0 Å². The summed E-state index contributed by atoms with van der Waals surface area (Å²) in [6.07, 6.45) is 2.49. The van der Waals surface area contributed by atoms with Gasteiger partial charge in [0.2, 0.25) is 0 Å². The molecule has 12 heavy (non-hydrogen) atoms. The Morgan fingerprint density at radius 2 is 2.00 bits per heavy atom. The molecule has 0 spiro atoms. The second kappa shape index (κ2) is 4.56. The molecule has 0 N–H and O–H groups in total. The molecule has 1 rings (SSSR count). The first-order valence-corrected chi connectivity index (χ1v) is 4.98. The minimum atomic E-state index is 0.642. The van der Waals surface area contributed by atoms with Gasteiger partial charge in [-0.3, -0.25) is 0 Å². The van der Waals surface area contributed by atoms with Gasteiger partial charge < -0.3 is 0 Å². The second-order valence-electron chi connectivity index (χ2n) is 3.25. The normalized spacial score (nSPS) is 12.9. The molecule has 0 aliphatic carbocycles. The van der Waals surface area contributed by atoms with Gasteiger partial charge in [-0.25, -0.2) is 0 Å². The Hall–Kier alpha value is -0.430. The Morgan fingerprint density at radius 1 is 1.33 bits per heavy atom. The van der Waals surface area contributed by atoms with Gasteiger partial charge in [-0.15, -0.1) is 12.6 Å². The molecule has 0 heterocycles. The summed E-state index contributed by atoms with van der Waals surface area (Å²) in [5.74, 6) is 0.642. The van der Waals surface area contributed by atoms with Gasteiger partial charge in [0.15, 0.2) is 0 Å². The van der Waals surface area contributed by atoms with Crippen LogP contribution in [0.5, 0.6) is 0 Å². The summed E-state index contributed by atoms with van der Waals surface area (Å²) in [6.45, 7) is 4.48. The van der Waals surface area contributed by atoms with E-state index < -0.39 is 0 Å². The third-order valence-corrected chi connectivity index (χ3v) is 2.60. The Morgan fingerprint density at radius 3 is 2.58 bits per heavy atom. The first-order valence-electron chi connectivity index (χ1n) is 4.53. The molecule has 0 radical (unpaired) electrons. The van der Waals surface area contributed by atoms with Crippen LogP contribution in [0.25, 0.3) is 0 Å². The van der Waals surface area contributed by atoms with E-state index in [4.69, 9.17) is 0 Å². The van der Waals surface area contributed by atoms with Gasteiger partial charge in [-0.05, 0) is 24.0 Å². The van der Waals surface area contributed by atoms with Crippen molar-refractivity contribution in [3.63, 3.8) is 0 Å². The lowest BCUT2D eigenvalue weighted by Gasteiger charge is -2.12. The minimum absolute atomic E-state index is 0.642. The largest absolute Gasteiger partial charge is 0.143 e. The zero-order valence-corrected chi connectivity index (χ0v) is 8.64. The number of hydrogen-bond donors (Lipinski definition) is 1. The SMILES string of the molecule is CCCC(C)c1ccccc1S. The van der Waals surface area contributed by atoms with Crippen LogP contribution in [0.1, 0.15) is 38.2 Å². The first kappa shape index (κ1) is 9.66. The molecule has 0 saturated heterocycles. The summed E-state index contributed by atoms with van der Waals surface area (Å²) in [4.78, 5) is 1.12. The van der Waals surface area contributed by atoms with E-state index >= 15 is 0 Å². The lowest BCUT2D eigenvalue weighted by atomic mass is 9.97. The standard InChI is InChI=1S/C11H16S/c1-3-6-9(2)10-7-4-5-8-11(10)12/h4-5,7-9,12H,3,6H2,1-2H3. The molecule has 0 bridgehead atoms. The van der Waals surface area contributed by atoms with Gasteiger partial charge in [0, 0.05) is 4.90 Å². The maximum Gasteiger partial charge on any atom is 0.00747 e. The first-order chi connectivity index (χ1) is 5.75. The maximum atomic E-state index is 4.43. The highest BCUT2D eigenvalue weighted by Gasteiger charge is 2.05. The van der Waals surface area contributed by atoms with E-state index in [2.05, 4.69) is 44.7 Å². The van der Waals surface area contributed by atoms with Crippen molar-refractivity contribution in [3.8, 4) is 0 Å². The van der Waals surface area contributed by atoms with E-state index in [1.54, 1.807) is 0 Å². The van der Waals surface area contributed by atoms with Crippen LogP contribution >= 0.6 is 12.6 Å². The van der Waals surface area contributed by atoms with E-state index in [1.165, 1.54) is 18.4 Å². The Labute approximate surface area is 80.4 Å². The van der Waals surface area contributed by atoms with Gasteiger partial charge in [0.1, 0.15) is 0 Å². The average Bonchev–Trinajstić information content (AvgIpc) is 2.05. The third-order valence-electron chi connectivity index (χ3n) is 2.19. The molecule has 0 amide bonds. The number of thiol groups is 1. The summed E-state index contributed by atoms with van der Waals surface area (Å²) in [5.41, 5.74) is 1.38. The van der Waals surface area contributed by atoms with Crippen LogP contribution in [0, 0.1) is 0 Å². The minimum Gasteiger partial charge on any atom is -0.143 e. The fourth-order valence-electron chi connectivity index (χ4n) is 1.49. The van der Waals surface area contributed by atoms with Crippen LogP contribution in [-0.4, -0.2) is 0 Å². The summed E-state index contributed by atoms with van der Waals surface area (Å²) in [7, 11) is 0. The molecule has 0 saturated carbocycles. The van der Waals surface area contributed by atoms with Gasteiger partial charge in [-0.1, -0.05) is 38.5 Å². The van der Waals surface area contributed by atoms with E-state index in [0.717, 1.165) is 4.90 Å². The molecule has 1 heteroatoms. The average molecular weight is 180 g/mol. The van der Waals surface area contributed by atoms with Gasteiger partial charge in [-0.2, -0.15) is 0 Å². The molecule has 1 aromatic carbocycles. The Bertz CT molecular complexity index is 243. The van der Waals surface area contributed by atoms with Crippen molar-refractivity contribution >= 4 is 12.6 Å². The number of hydrogen-bond acceptors (Lipinski definition) is 1. The van der Waals surface area contributed by atoms with Crippen molar-refractivity contribution in [1.29, 1.82) is 0 Å². The highest BCUT2D eigenvalue weighted by molar-refractivity contribution is 7.80. The zero-order valence-electron chi connectivity index (χ0n) is 7.75. The fraction of sp³-hybridized carbons (Fsp3) is 0.455. The molecule has 0 fully saturated rings. The van der Waals surface area contributed by atoms with Crippen molar-refractivity contribution in [1.82, 2.24) is 0 Å². The molecule has 0 aliphatic heterocycles. The van der Waals surface area contributed by atoms with Crippen molar-refractivity contribution in [3.05, 3.63) is 29.8 Å². The van der Waals surface area contributed by atoms with Crippen molar-refractivity contribution in [2.45, 2.75) is 37.5 Å². The molecule has 1 aromatic rings. The maximum absolute atomic E-state index is 4.43. The van der Waals surface area contributed by atoms with Crippen LogP contribution in [-0.2, 0) is 0 Å². The fourth-order valence-corrected chi connectivity index (χ4v) is 1.87. The Kier molecular flexibility index (Phi) is 3.67. The van der Waals surface area contributed by atoms with Gasteiger partial charge in [0.25, 0.3) is 0 Å². The van der Waals surface area contributed by atoms with Crippen LogP contribution in [0.15, 0.2) is 29.2 Å². The molecule has 0 nitrogen and oxygen atoms in total. The zero-order chi connectivity index (χ0) is 8.97. The molecule has 66 valence electrons. The van der Waals surface area contributed by atoms with E-state index in [1.807, 2.05) is 6.07 Å². The van der Waals surface area contributed by atoms with E-state index in [0.29, 0.717) is 5.92 Å². The second-order valence-corrected chi connectivity index (χ2v) is 3.73. The van der Waals surface area contributed by atoms with Crippen molar-refractivity contribution < 1.29 is 0 Å². The molecular formula is C11H16S. The number of rotatable bonds is 3. The van der Waals surface area contributed by atoms with Crippen LogP contribution in [0.2, 0.25) is 0 Å². The number of benzene rings is 1. The van der Waals surface area contributed by atoms with Crippen molar-refractivity contribution in [2.75, 3.05) is 0 Å². The third kappa shape index (κ3) is 2.28. The highest BCUT2D eigenvalue weighted by atomic mass is 32.1. The molecule has 0 aliphatic rings.